The number of hydrogen-bond donors (Lipinski definition) is 0. The average Bonchev–Trinajstić information content (AvgIpc) is 3.92. The largest absolute Gasteiger partial charge is 0.453 e. The van der Waals surface area contributed by atoms with Crippen LogP contribution in [-0.2, 0) is 5.41 Å². The van der Waals surface area contributed by atoms with Gasteiger partial charge in [-0.3, -0.25) is 0 Å². The lowest BCUT2D eigenvalue weighted by Crippen LogP contribution is -2.15. The van der Waals surface area contributed by atoms with Gasteiger partial charge in [0.2, 0.25) is 0 Å². The van der Waals surface area contributed by atoms with E-state index in [-0.39, 0.29) is 5.41 Å². The predicted molar refractivity (Wildman–Crippen MR) is 241 cm³/mol. The number of para-hydroxylation sites is 3. The number of fused-ring (bicyclic) bond motifs is 10. The van der Waals surface area contributed by atoms with Crippen LogP contribution in [0, 0.1) is 0 Å². The van der Waals surface area contributed by atoms with Gasteiger partial charge in [0, 0.05) is 49.2 Å². The van der Waals surface area contributed by atoms with Crippen molar-refractivity contribution >= 4 is 43.7 Å². The second kappa shape index (κ2) is 12.7. The van der Waals surface area contributed by atoms with Crippen LogP contribution in [0.2, 0.25) is 0 Å². The Labute approximate surface area is 340 Å². The van der Waals surface area contributed by atoms with Gasteiger partial charge in [-0.25, -0.2) is 15.0 Å². The molecule has 5 nitrogen and oxygen atoms in total. The first-order valence-corrected chi connectivity index (χ1v) is 20.1. The van der Waals surface area contributed by atoms with E-state index in [4.69, 9.17) is 19.4 Å². The van der Waals surface area contributed by atoms with Crippen molar-refractivity contribution < 1.29 is 4.42 Å². The van der Waals surface area contributed by atoms with Gasteiger partial charge in [-0.15, -0.1) is 0 Å². The Hall–Kier alpha value is -7.63. The number of nitrogens with zero attached hydrogens (tertiary/aromatic N) is 4. The summed E-state index contributed by atoms with van der Waals surface area (Å²) in [5.74, 6) is 1.86. The lowest BCUT2D eigenvalue weighted by atomic mass is 9.82. The summed E-state index contributed by atoms with van der Waals surface area (Å²) in [6, 6.07) is 64.0. The van der Waals surface area contributed by atoms with E-state index in [0.717, 1.165) is 77.2 Å². The molecule has 1 aliphatic carbocycles. The van der Waals surface area contributed by atoms with Crippen molar-refractivity contribution in [1.29, 1.82) is 0 Å². The quantitative estimate of drug-likeness (QED) is 0.175. The van der Waals surface area contributed by atoms with Gasteiger partial charge in [0.15, 0.2) is 23.1 Å². The van der Waals surface area contributed by atoms with E-state index in [9.17, 15) is 0 Å². The topological polar surface area (TPSA) is 56.7 Å². The Balaban J connectivity index is 1.11. The summed E-state index contributed by atoms with van der Waals surface area (Å²) in [6.45, 7) is 4.61. The molecule has 0 atom stereocenters. The molecule has 278 valence electrons. The van der Waals surface area contributed by atoms with Gasteiger partial charge in [-0.1, -0.05) is 166 Å². The molecule has 0 amide bonds. The molecule has 5 heteroatoms. The maximum Gasteiger partial charge on any atom is 0.166 e. The number of benzene rings is 8. The van der Waals surface area contributed by atoms with Crippen LogP contribution < -0.4 is 0 Å². The van der Waals surface area contributed by atoms with E-state index in [2.05, 4.69) is 176 Å². The summed E-state index contributed by atoms with van der Waals surface area (Å²) in [5, 5.41) is 4.42. The summed E-state index contributed by atoms with van der Waals surface area (Å²) >= 11 is 0. The molecule has 0 N–H and O–H groups in total. The van der Waals surface area contributed by atoms with E-state index >= 15 is 0 Å². The Kier molecular flexibility index (Phi) is 7.20. The second-order valence-corrected chi connectivity index (χ2v) is 16.0. The fraction of sp³-hybridized carbons (Fsp3) is 0.0556. The minimum Gasteiger partial charge on any atom is -0.453 e. The third-order valence-corrected chi connectivity index (χ3v) is 12.3. The molecule has 3 aromatic heterocycles. The molecule has 1 aliphatic rings. The van der Waals surface area contributed by atoms with Crippen LogP contribution in [0.3, 0.4) is 0 Å². The van der Waals surface area contributed by atoms with Crippen molar-refractivity contribution in [2.24, 2.45) is 0 Å². The van der Waals surface area contributed by atoms with Crippen LogP contribution in [0.1, 0.15) is 25.0 Å². The zero-order valence-electron chi connectivity index (χ0n) is 32.5. The maximum atomic E-state index is 7.06. The molecule has 0 spiro atoms. The number of hydrogen-bond acceptors (Lipinski definition) is 4. The van der Waals surface area contributed by atoms with Gasteiger partial charge >= 0.3 is 0 Å². The molecular formula is C54H36N4O. The monoisotopic (exact) mass is 756 g/mol. The highest BCUT2D eigenvalue weighted by atomic mass is 16.3. The lowest BCUT2D eigenvalue weighted by molar-refractivity contribution is 0.660. The molecule has 0 saturated heterocycles. The minimum atomic E-state index is -0.160. The molecule has 0 aliphatic heterocycles. The van der Waals surface area contributed by atoms with Gasteiger partial charge in [0.1, 0.15) is 5.58 Å². The number of aromatic nitrogens is 4. The van der Waals surface area contributed by atoms with Crippen LogP contribution >= 0.6 is 0 Å². The van der Waals surface area contributed by atoms with E-state index in [1.54, 1.807) is 0 Å². The van der Waals surface area contributed by atoms with Gasteiger partial charge in [0.05, 0.1) is 16.7 Å². The second-order valence-electron chi connectivity index (χ2n) is 16.0. The van der Waals surface area contributed by atoms with Crippen molar-refractivity contribution in [3.05, 3.63) is 193 Å². The third kappa shape index (κ3) is 5.01. The van der Waals surface area contributed by atoms with Crippen molar-refractivity contribution in [3.8, 4) is 62.1 Å². The maximum absolute atomic E-state index is 7.06. The number of rotatable bonds is 5. The fourth-order valence-corrected chi connectivity index (χ4v) is 9.44. The fourth-order valence-electron chi connectivity index (χ4n) is 9.44. The molecular weight excluding hydrogens is 721 g/mol. The highest BCUT2D eigenvalue weighted by Gasteiger charge is 2.35. The van der Waals surface area contributed by atoms with E-state index in [1.807, 2.05) is 24.3 Å². The van der Waals surface area contributed by atoms with E-state index in [0.29, 0.717) is 17.5 Å². The molecule has 11 aromatic rings. The first-order valence-electron chi connectivity index (χ1n) is 20.1. The van der Waals surface area contributed by atoms with Crippen LogP contribution in [0.4, 0.5) is 0 Å². The molecule has 0 bridgehead atoms. The average molecular weight is 757 g/mol. The highest BCUT2D eigenvalue weighted by Crippen LogP contribution is 2.50. The van der Waals surface area contributed by atoms with Crippen molar-refractivity contribution in [2.75, 3.05) is 0 Å². The van der Waals surface area contributed by atoms with Gasteiger partial charge in [-0.2, -0.15) is 0 Å². The Morgan fingerprint density at radius 1 is 0.407 bits per heavy atom. The smallest absolute Gasteiger partial charge is 0.166 e. The van der Waals surface area contributed by atoms with E-state index < -0.39 is 0 Å². The minimum absolute atomic E-state index is 0.160. The Morgan fingerprint density at radius 3 is 1.83 bits per heavy atom. The molecule has 3 heterocycles. The third-order valence-electron chi connectivity index (χ3n) is 12.3. The molecule has 0 unspecified atom stereocenters. The molecule has 0 saturated carbocycles. The molecule has 59 heavy (non-hydrogen) atoms. The van der Waals surface area contributed by atoms with Crippen molar-refractivity contribution in [3.63, 3.8) is 0 Å². The van der Waals surface area contributed by atoms with Crippen LogP contribution in [-0.4, -0.2) is 19.5 Å². The summed E-state index contributed by atoms with van der Waals surface area (Å²) in [4.78, 5) is 15.8. The zero-order valence-corrected chi connectivity index (χ0v) is 32.5. The standard InChI is InChI=1S/C54H36N4O/c1-54(2)44-25-12-9-20-37(44)38-29-28-35(32-45(38)54)52-55-51(34-18-7-4-8-19-34)56-53(57-52)43-22-11-14-27-47(43)58-46-26-13-10-21-39(46)40-30-31-42-41-24-15-23-36(33-16-5-3-6-17-33)49(41)59-50(42)48(40)58/h3-32H,1-2H3. The predicted octanol–water partition coefficient (Wildman–Crippen LogP) is 13.8. The summed E-state index contributed by atoms with van der Waals surface area (Å²) in [6.07, 6.45) is 0. The molecule has 0 fully saturated rings. The zero-order chi connectivity index (χ0) is 39.2. The number of furan rings is 1. The molecule has 0 radical (unpaired) electrons. The Bertz CT molecular complexity index is 3470. The van der Waals surface area contributed by atoms with E-state index in [1.165, 1.54) is 22.3 Å². The summed E-state index contributed by atoms with van der Waals surface area (Å²) in [5.41, 5.74) is 14.7. The summed E-state index contributed by atoms with van der Waals surface area (Å²) < 4.78 is 9.40. The SMILES string of the molecule is CC1(C)c2ccccc2-c2ccc(-c3nc(-c4ccccc4)nc(-c4ccccc4-n4c5ccccc5c5ccc6c7cccc(-c8ccccc8)c7oc6c54)n3)cc21. The van der Waals surface area contributed by atoms with Crippen molar-refractivity contribution in [1.82, 2.24) is 19.5 Å². The van der Waals surface area contributed by atoms with Crippen molar-refractivity contribution in [2.45, 2.75) is 19.3 Å². The first-order chi connectivity index (χ1) is 29.0. The molecule has 8 aromatic carbocycles. The van der Waals surface area contributed by atoms with Crippen LogP contribution in [0.15, 0.2) is 186 Å². The highest BCUT2D eigenvalue weighted by molar-refractivity contribution is 6.22. The molecule has 12 rings (SSSR count). The van der Waals surface area contributed by atoms with Crippen LogP contribution in [0.5, 0.6) is 0 Å². The lowest BCUT2D eigenvalue weighted by Gasteiger charge is -2.21. The van der Waals surface area contributed by atoms with Gasteiger partial charge < -0.3 is 8.98 Å². The van der Waals surface area contributed by atoms with Crippen LogP contribution in [0.25, 0.3) is 106 Å². The van der Waals surface area contributed by atoms with Gasteiger partial charge in [-0.05, 0) is 58.1 Å². The van der Waals surface area contributed by atoms with Gasteiger partial charge in [0.25, 0.3) is 0 Å². The normalized spacial score (nSPS) is 13.1. The Morgan fingerprint density at radius 2 is 1.00 bits per heavy atom. The summed E-state index contributed by atoms with van der Waals surface area (Å²) in [7, 11) is 0. The first kappa shape index (κ1) is 33.5.